The van der Waals surface area contributed by atoms with Crippen LogP contribution in [0, 0.1) is 22.9 Å². The van der Waals surface area contributed by atoms with Gasteiger partial charge in [0.2, 0.25) is 5.43 Å². The second-order valence-electron chi connectivity index (χ2n) is 5.72. The molecule has 142 valence electrons. The zero-order valence-electron chi connectivity index (χ0n) is 14.5. The monoisotopic (exact) mass is 383 g/mol. The first-order chi connectivity index (χ1) is 13.4. The highest BCUT2D eigenvalue weighted by Gasteiger charge is 2.18. The Morgan fingerprint density at radius 3 is 2.57 bits per heavy atom. The molecule has 1 heterocycles. The molecule has 0 bridgehead atoms. The van der Waals surface area contributed by atoms with E-state index in [0.29, 0.717) is 5.69 Å². The lowest BCUT2D eigenvalue weighted by atomic mass is 10.2. The van der Waals surface area contributed by atoms with Crippen molar-refractivity contribution in [1.82, 2.24) is 15.2 Å². The third-order valence-electron chi connectivity index (χ3n) is 3.81. The van der Waals surface area contributed by atoms with E-state index < -0.39 is 27.8 Å². The van der Waals surface area contributed by atoms with E-state index in [9.17, 15) is 24.1 Å². The molecule has 9 nitrogen and oxygen atoms in total. The Morgan fingerprint density at radius 1 is 1.18 bits per heavy atom. The van der Waals surface area contributed by atoms with Crippen molar-refractivity contribution < 1.29 is 14.1 Å². The van der Waals surface area contributed by atoms with Crippen LogP contribution in [-0.2, 0) is 0 Å². The lowest BCUT2D eigenvalue weighted by molar-refractivity contribution is -0.384. The van der Waals surface area contributed by atoms with Gasteiger partial charge in [-0.15, -0.1) is 0 Å². The molecule has 10 heteroatoms. The molecule has 2 N–H and O–H groups in total. The number of nitrogens with zero attached hydrogens (tertiary/aromatic N) is 3. The summed E-state index contributed by atoms with van der Waals surface area (Å²) in [6.45, 7) is 1.55. The molecule has 0 aliphatic rings. The van der Waals surface area contributed by atoms with Gasteiger partial charge in [0.05, 0.1) is 4.92 Å². The highest BCUT2D eigenvalue weighted by Crippen LogP contribution is 2.22. The van der Waals surface area contributed by atoms with Gasteiger partial charge in [0.25, 0.3) is 11.6 Å². The maximum Gasteiger partial charge on any atom is 0.294 e. The Balaban J connectivity index is 1.91. The molecule has 1 amide bonds. The number of aryl methyl sites for hydroxylation is 1. The number of carbonyl (C=O) groups excluding carboxylic acids is 1. The van der Waals surface area contributed by atoms with Crippen LogP contribution in [-0.4, -0.2) is 20.6 Å². The van der Waals surface area contributed by atoms with Crippen molar-refractivity contribution in [2.24, 2.45) is 0 Å². The van der Waals surface area contributed by atoms with Crippen molar-refractivity contribution in [3.05, 3.63) is 92.1 Å². The van der Waals surface area contributed by atoms with Crippen LogP contribution in [0.1, 0.15) is 16.2 Å². The van der Waals surface area contributed by atoms with E-state index in [1.54, 1.807) is 13.0 Å². The number of para-hydroxylation sites is 3. The van der Waals surface area contributed by atoms with Crippen molar-refractivity contribution in [2.75, 3.05) is 5.43 Å². The minimum Gasteiger partial charge on any atom is -0.292 e. The number of nitro benzene ring substituents is 1. The number of carbonyl (C=O) groups is 1. The van der Waals surface area contributed by atoms with Crippen molar-refractivity contribution in [3.8, 4) is 5.69 Å². The van der Waals surface area contributed by atoms with E-state index in [1.165, 1.54) is 42.5 Å². The second kappa shape index (κ2) is 7.66. The van der Waals surface area contributed by atoms with Crippen molar-refractivity contribution in [2.45, 2.75) is 6.92 Å². The third kappa shape index (κ3) is 3.70. The number of rotatable bonds is 5. The zero-order chi connectivity index (χ0) is 20.3. The highest BCUT2D eigenvalue weighted by atomic mass is 19.1. The van der Waals surface area contributed by atoms with Gasteiger partial charge in [0.15, 0.2) is 5.69 Å². The van der Waals surface area contributed by atoms with E-state index in [2.05, 4.69) is 16.0 Å². The summed E-state index contributed by atoms with van der Waals surface area (Å²) < 4.78 is 15.2. The van der Waals surface area contributed by atoms with Gasteiger partial charge in [0.1, 0.15) is 17.2 Å². The van der Waals surface area contributed by atoms with Gasteiger partial charge in [-0.1, -0.05) is 24.3 Å². The summed E-state index contributed by atoms with van der Waals surface area (Å²) >= 11 is 0. The number of aromatic nitrogens is 2. The first-order valence-electron chi connectivity index (χ1n) is 8.04. The van der Waals surface area contributed by atoms with Gasteiger partial charge in [-0.25, -0.2) is 9.07 Å². The standard InChI is InChI=1S/C18H14FN5O4/c1-11-10-16(25)17(22-23(11)14-8-4-2-6-12(14)19)18(26)21-20-13-7-3-5-9-15(13)24(27)28/h2-10,20H,1H3,(H,21,26). The summed E-state index contributed by atoms with van der Waals surface area (Å²) in [5, 5.41) is 15.0. The molecule has 0 unspecified atom stereocenters. The van der Waals surface area contributed by atoms with Crippen LogP contribution in [0.5, 0.6) is 0 Å². The fourth-order valence-electron chi connectivity index (χ4n) is 2.49. The fraction of sp³-hybridized carbons (Fsp3) is 0.0556. The Hall–Kier alpha value is -4.08. The molecule has 0 aliphatic heterocycles. The Morgan fingerprint density at radius 2 is 1.86 bits per heavy atom. The largest absolute Gasteiger partial charge is 0.294 e. The maximum absolute atomic E-state index is 14.1. The molecule has 28 heavy (non-hydrogen) atoms. The Labute approximate surface area is 157 Å². The second-order valence-corrected chi connectivity index (χ2v) is 5.72. The average molecular weight is 383 g/mol. The summed E-state index contributed by atoms with van der Waals surface area (Å²) in [7, 11) is 0. The van der Waals surface area contributed by atoms with Gasteiger partial charge in [-0.2, -0.15) is 5.10 Å². The number of hydrogen-bond acceptors (Lipinski definition) is 6. The summed E-state index contributed by atoms with van der Waals surface area (Å²) in [6, 6.07) is 12.6. The van der Waals surface area contributed by atoms with E-state index in [4.69, 9.17) is 0 Å². The molecular weight excluding hydrogens is 369 g/mol. The first kappa shape index (κ1) is 18.7. The number of hydrogen-bond donors (Lipinski definition) is 2. The summed E-state index contributed by atoms with van der Waals surface area (Å²) in [5.74, 6) is -1.50. The van der Waals surface area contributed by atoms with E-state index in [-0.39, 0.29) is 17.1 Å². The SMILES string of the molecule is Cc1cc(=O)c(C(=O)NNc2ccccc2[N+](=O)[O-])nn1-c1ccccc1F. The van der Waals surface area contributed by atoms with Crippen LogP contribution >= 0.6 is 0 Å². The molecule has 0 saturated heterocycles. The molecule has 0 spiro atoms. The summed E-state index contributed by atoms with van der Waals surface area (Å²) in [6.07, 6.45) is 0. The normalized spacial score (nSPS) is 10.4. The van der Waals surface area contributed by atoms with Crippen molar-refractivity contribution >= 4 is 17.3 Å². The van der Waals surface area contributed by atoms with Crippen LogP contribution in [0.4, 0.5) is 15.8 Å². The number of benzene rings is 2. The minimum atomic E-state index is -0.923. The molecule has 0 aliphatic carbocycles. The predicted octanol–water partition coefficient (Wildman–Crippen LogP) is 2.35. The zero-order valence-corrected chi connectivity index (χ0v) is 14.5. The Bertz CT molecular complexity index is 1130. The summed E-state index contributed by atoms with van der Waals surface area (Å²) in [4.78, 5) is 34.9. The number of amides is 1. The van der Waals surface area contributed by atoms with Gasteiger partial charge in [0, 0.05) is 17.8 Å². The number of nitrogens with one attached hydrogen (secondary N) is 2. The highest BCUT2D eigenvalue weighted by molar-refractivity contribution is 5.93. The topological polar surface area (TPSA) is 119 Å². The molecule has 3 rings (SSSR count). The Kier molecular flexibility index (Phi) is 5.12. The van der Waals surface area contributed by atoms with Crippen molar-refractivity contribution in [1.29, 1.82) is 0 Å². The third-order valence-corrected chi connectivity index (χ3v) is 3.81. The van der Waals surface area contributed by atoms with E-state index in [1.807, 2.05) is 0 Å². The van der Waals surface area contributed by atoms with Crippen molar-refractivity contribution in [3.63, 3.8) is 0 Å². The van der Waals surface area contributed by atoms with Crippen LogP contribution in [0.25, 0.3) is 5.69 Å². The number of nitro groups is 1. The number of hydrazine groups is 1. The molecule has 0 radical (unpaired) electrons. The van der Waals surface area contributed by atoms with E-state index in [0.717, 1.165) is 10.7 Å². The lowest BCUT2D eigenvalue weighted by Gasteiger charge is -2.12. The first-order valence-corrected chi connectivity index (χ1v) is 8.04. The van der Waals surface area contributed by atoms with Gasteiger partial charge in [-0.3, -0.25) is 30.6 Å². The van der Waals surface area contributed by atoms with Gasteiger partial charge in [-0.05, 0) is 25.1 Å². The molecule has 0 fully saturated rings. The van der Waals surface area contributed by atoms with Crippen LogP contribution in [0.2, 0.25) is 0 Å². The minimum absolute atomic E-state index is 0.0300. The van der Waals surface area contributed by atoms with Crippen LogP contribution in [0.15, 0.2) is 59.4 Å². The quantitative estimate of drug-likeness (QED) is 0.516. The van der Waals surface area contributed by atoms with Gasteiger partial charge < -0.3 is 0 Å². The number of anilines is 1. The number of halogens is 1. The molecule has 0 atom stereocenters. The molecule has 3 aromatic rings. The van der Waals surface area contributed by atoms with Crippen LogP contribution in [0.3, 0.4) is 0 Å². The summed E-state index contributed by atoms with van der Waals surface area (Å²) in [5.41, 5.74) is 3.60. The smallest absolute Gasteiger partial charge is 0.292 e. The fourth-order valence-corrected chi connectivity index (χ4v) is 2.49. The van der Waals surface area contributed by atoms with Gasteiger partial charge >= 0.3 is 0 Å². The average Bonchev–Trinajstić information content (AvgIpc) is 2.67. The lowest BCUT2D eigenvalue weighted by Crippen LogP contribution is -2.35. The molecule has 2 aromatic carbocycles. The molecule has 0 saturated carbocycles. The predicted molar refractivity (Wildman–Crippen MR) is 98.7 cm³/mol. The van der Waals surface area contributed by atoms with Crippen LogP contribution < -0.4 is 16.3 Å². The van der Waals surface area contributed by atoms with E-state index >= 15 is 0 Å². The molecular formula is C18H14FN5O4. The maximum atomic E-state index is 14.1. The molecule has 1 aromatic heterocycles.